The van der Waals surface area contributed by atoms with Crippen molar-refractivity contribution in [2.45, 2.75) is 18.6 Å². The predicted octanol–water partition coefficient (Wildman–Crippen LogP) is -1.57. The molecule has 1 rings (SSSR count). The van der Waals surface area contributed by atoms with Crippen molar-refractivity contribution in [1.82, 2.24) is 0 Å². The van der Waals surface area contributed by atoms with Gasteiger partial charge in [0.05, 0.1) is 6.61 Å². The van der Waals surface area contributed by atoms with Crippen molar-refractivity contribution in [2.75, 3.05) is 19.8 Å². The number of carbonyl (C=O) groups is 1. The third-order valence-corrected chi connectivity index (χ3v) is 2.00. The van der Waals surface area contributed by atoms with Crippen LogP contribution in [0.4, 0.5) is 0 Å². The number of cyclic esters (lactones) is 1. The summed E-state index contributed by atoms with van der Waals surface area (Å²) in [7, 11) is 0. The molecule has 7 heteroatoms. The van der Waals surface area contributed by atoms with E-state index in [1.165, 1.54) is 0 Å². The lowest BCUT2D eigenvalue weighted by Gasteiger charge is -2.15. The molecule has 0 spiro atoms. The second kappa shape index (κ2) is 5.69. The number of esters is 1. The Hall–Kier alpha value is -1.31. The first-order valence-electron chi connectivity index (χ1n) is 4.76. The van der Waals surface area contributed by atoms with Crippen molar-refractivity contribution in [1.29, 1.82) is 0 Å². The average Bonchev–Trinajstić information content (AvgIpc) is 2.53. The third-order valence-electron chi connectivity index (χ3n) is 2.00. The summed E-state index contributed by atoms with van der Waals surface area (Å²) in [6, 6.07) is 0. The highest BCUT2D eigenvalue weighted by molar-refractivity contribution is 5.89. The topological polar surface area (TPSA) is 116 Å². The van der Waals surface area contributed by atoms with Crippen molar-refractivity contribution in [3.8, 4) is 0 Å². The Morgan fingerprint density at radius 2 is 2.12 bits per heavy atom. The minimum atomic E-state index is -1.11. The van der Waals surface area contributed by atoms with Gasteiger partial charge in [0.25, 0.3) is 0 Å². The molecule has 1 aliphatic heterocycles. The van der Waals surface area contributed by atoms with Crippen LogP contribution in [0.15, 0.2) is 11.5 Å². The SMILES string of the molecule is O=C1O[C@@H](CCO)C(OCC(O)CO)=C1O. The Balaban J connectivity index is 2.61. The number of carbonyl (C=O) groups excluding carboxylic acids is 1. The van der Waals surface area contributed by atoms with Gasteiger partial charge in [-0.2, -0.15) is 0 Å². The summed E-state index contributed by atoms with van der Waals surface area (Å²) in [5.41, 5.74) is 0. The summed E-state index contributed by atoms with van der Waals surface area (Å²) < 4.78 is 9.67. The molecule has 1 heterocycles. The van der Waals surface area contributed by atoms with Gasteiger partial charge < -0.3 is 29.9 Å². The van der Waals surface area contributed by atoms with Crippen molar-refractivity contribution in [3.05, 3.63) is 11.5 Å². The first-order chi connectivity index (χ1) is 7.60. The van der Waals surface area contributed by atoms with Gasteiger partial charge in [0.2, 0.25) is 5.76 Å². The zero-order valence-corrected chi connectivity index (χ0v) is 8.50. The minimum absolute atomic E-state index is 0.0976. The second-order valence-electron chi connectivity index (χ2n) is 3.27. The molecule has 16 heavy (non-hydrogen) atoms. The maximum atomic E-state index is 11.0. The van der Waals surface area contributed by atoms with Gasteiger partial charge in [-0.05, 0) is 0 Å². The Labute approximate surface area is 91.5 Å². The maximum absolute atomic E-state index is 11.0. The quantitative estimate of drug-likeness (QED) is 0.410. The molecule has 0 saturated heterocycles. The van der Waals surface area contributed by atoms with Crippen LogP contribution in [0.2, 0.25) is 0 Å². The number of hydrogen-bond donors (Lipinski definition) is 4. The lowest BCUT2D eigenvalue weighted by atomic mass is 10.2. The Bertz CT molecular complexity index is 286. The molecule has 92 valence electrons. The van der Waals surface area contributed by atoms with Gasteiger partial charge in [0.15, 0.2) is 11.9 Å². The van der Waals surface area contributed by atoms with E-state index < -0.39 is 30.5 Å². The molecule has 0 bridgehead atoms. The summed E-state index contributed by atoms with van der Waals surface area (Å²) >= 11 is 0. The third kappa shape index (κ3) is 2.84. The largest absolute Gasteiger partial charge is 0.499 e. The zero-order chi connectivity index (χ0) is 12.1. The number of aliphatic hydroxyl groups is 4. The fourth-order valence-corrected chi connectivity index (χ4v) is 1.20. The van der Waals surface area contributed by atoms with Crippen LogP contribution >= 0.6 is 0 Å². The second-order valence-corrected chi connectivity index (χ2v) is 3.27. The molecular weight excluding hydrogens is 220 g/mol. The molecule has 4 N–H and O–H groups in total. The van der Waals surface area contributed by atoms with Crippen molar-refractivity contribution in [3.63, 3.8) is 0 Å². The zero-order valence-electron chi connectivity index (χ0n) is 8.50. The van der Waals surface area contributed by atoms with E-state index in [1.807, 2.05) is 0 Å². The Morgan fingerprint density at radius 1 is 1.44 bits per heavy atom. The van der Waals surface area contributed by atoms with E-state index in [1.54, 1.807) is 0 Å². The van der Waals surface area contributed by atoms with E-state index in [-0.39, 0.29) is 25.4 Å². The van der Waals surface area contributed by atoms with E-state index in [0.29, 0.717) is 0 Å². The monoisotopic (exact) mass is 234 g/mol. The highest BCUT2D eigenvalue weighted by Crippen LogP contribution is 2.24. The van der Waals surface area contributed by atoms with Crippen molar-refractivity contribution < 1.29 is 34.7 Å². The average molecular weight is 234 g/mol. The van der Waals surface area contributed by atoms with Crippen LogP contribution in [-0.4, -0.2) is 58.4 Å². The smallest absolute Gasteiger partial charge is 0.377 e. The molecule has 2 atom stereocenters. The van der Waals surface area contributed by atoms with E-state index in [0.717, 1.165) is 0 Å². The van der Waals surface area contributed by atoms with Crippen molar-refractivity contribution >= 4 is 5.97 Å². The van der Waals surface area contributed by atoms with Crippen LogP contribution < -0.4 is 0 Å². The van der Waals surface area contributed by atoms with E-state index in [9.17, 15) is 9.90 Å². The summed E-state index contributed by atoms with van der Waals surface area (Å²) in [5, 5.41) is 35.6. The Kier molecular flexibility index (Phi) is 4.53. The van der Waals surface area contributed by atoms with E-state index >= 15 is 0 Å². The minimum Gasteiger partial charge on any atom is -0.499 e. The van der Waals surface area contributed by atoms with Gasteiger partial charge in [-0.3, -0.25) is 0 Å². The fraction of sp³-hybridized carbons (Fsp3) is 0.667. The maximum Gasteiger partial charge on any atom is 0.377 e. The highest BCUT2D eigenvalue weighted by Gasteiger charge is 2.35. The fourth-order valence-electron chi connectivity index (χ4n) is 1.20. The van der Waals surface area contributed by atoms with Crippen LogP contribution in [0.3, 0.4) is 0 Å². The lowest BCUT2D eigenvalue weighted by molar-refractivity contribution is -0.143. The molecule has 1 aliphatic rings. The number of aliphatic hydroxyl groups excluding tert-OH is 4. The van der Waals surface area contributed by atoms with E-state index in [2.05, 4.69) is 0 Å². The van der Waals surface area contributed by atoms with Gasteiger partial charge in [-0.25, -0.2) is 4.79 Å². The molecule has 0 aliphatic carbocycles. The summed E-state index contributed by atoms with van der Waals surface area (Å²) in [6.07, 6.45) is -1.85. The standard InChI is InChI=1S/C9H14O7/c10-2-1-6-8(7(13)9(14)16-6)15-4-5(12)3-11/h5-6,10-13H,1-4H2/t5?,6-/m0/s1. The number of rotatable bonds is 6. The first kappa shape index (κ1) is 12.8. The lowest BCUT2D eigenvalue weighted by Crippen LogP contribution is -2.22. The molecule has 0 radical (unpaired) electrons. The van der Waals surface area contributed by atoms with Crippen molar-refractivity contribution in [2.24, 2.45) is 0 Å². The normalized spacial score (nSPS) is 22.2. The van der Waals surface area contributed by atoms with Gasteiger partial charge in [-0.1, -0.05) is 0 Å². The predicted molar refractivity (Wildman–Crippen MR) is 50.3 cm³/mol. The molecule has 0 fully saturated rings. The van der Waals surface area contributed by atoms with Crippen LogP contribution in [0.5, 0.6) is 0 Å². The summed E-state index contributed by atoms with van der Waals surface area (Å²) in [5.74, 6) is -1.71. The van der Waals surface area contributed by atoms with Crippen LogP contribution in [-0.2, 0) is 14.3 Å². The van der Waals surface area contributed by atoms with Gasteiger partial charge in [0, 0.05) is 13.0 Å². The number of hydrogen-bond acceptors (Lipinski definition) is 7. The molecule has 0 amide bonds. The molecule has 0 aromatic heterocycles. The van der Waals surface area contributed by atoms with Gasteiger partial charge >= 0.3 is 5.97 Å². The number of ether oxygens (including phenoxy) is 2. The molecule has 0 aromatic rings. The molecule has 1 unspecified atom stereocenters. The molecule has 7 nitrogen and oxygen atoms in total. The summed E-state index contributed by atoms with van der Waals surface area (Å²) in [6.45, 7) is -0.997. The van der Waals surface area contributed by atoms with Crippen LogP contribution in [0, 0.1) is 0 Å². The molecule has 0 saturated carbocycles. The molecule has 0 aromatic carbocycles. The summed E-state index contributed by atoms with van der Waals surface area (Å²) in [4.78, 5) is 11.0. The van der Waals surface area contributed by atoms with E-state index in [4.69, 9.17) is 24.8 Å². The molecular formula is C9H14O7. The Morgan fingerprint density at radius 3 is 2.69 bits per heavy atom. The first-order valence-corrected chi connectivity index (χ1v) is 4.76. The van der Waals surface area contributed by atoms with Crippen LogP contribution in [0.1, 0.15) is 6.42 Å². The van der Waals surface area contributed by atoms with Gasteiger partial charge in [0.1, 0.15) is 12.7 Å². The van der Waals surface area contributed by atoms with Crippen LogP contribution in [0.25, 0.3) is 0 Å². The van der Waals surface area contributed by atoms with Gasteiger partial charge in [-0.15, -0.1) is 0 Å². The highest BCUT2D eigenvalue weighted by atomic mass is 16.6.